The minimum Gasteiger partial charge on any atom is -0.244 e. The third-order valence-electron chi connectivity index (χ3n) is 1.56. The molecule has 0 aromatic heterocycles. The van der Waals surface area contributed by atoms with Gasteiger partial charge in [-0.15, -0.1) is 4.42 Å². The standard InChI is InChI=1S/C5H6Cl4N2O2S/c1-14(12,13)4-2-3-10(8)5(6,7)11(4)9/h2-4H,1H3. The Bertz CT molecular complexity index is 355. The molecule has 0 aromatic carbocycles. The van der Waals surface area contributed by atoms with Crippen molar-refractivity contribution in [2.75, 3.05) is 6.26 Å². The van der Waals surface area contributed by atoms with Crippen LogP contribution in [0.25, 0.3) is 0 Å². The van der Waals surface area contributed by atoms with Crippen molar-refractivity contribution in [1.29, 1.82) is 0 Å². The van der Waals surface area contributed by atoms with Gasteiger partial charge in [-0.05, 0) is 17.9 Å². The molecule has 1 aliphatic heterocycles. The zero-order valence-corrected chi connectivity index (χ0v) is 10.7. The summed E-state index contributed by atoms with van der Waals surface area (Å²) >= 11 is 22.7. The fourth-order valence-corrected chi connectivity index (χ4v) is 2.92. The molecule has 0 N–H and O–H groups in total. The zero-order valence-electron chi connectivity index (χ0n) is 6.86. The lowest BCUT2D eigenvalue weighted by molar-refractivity contribution is 0.255. The van der Waals surface area contributed by atoms with Crippen LogP contribution in [0, 0.1) is 0 Å². The molecule has 0 saturated carbocycles. The molecule has 4 nitrogen and oxygen atoms in total. The summed E-state index contributed by atoms with van der Waals surface area (Å²) in [7, 11) is -3.42. The molecule has 0 radical (unpaired) electrons. The number of nitrogens with zero attached hydrogens (tertiary/aromatic N) is 2. The van der Waals surface area contributed by atoms with Crippen molar-refractivity contribution in [2.45, 2.75) is 9.96 Å². The van der Waals surface area contributed by atoms with E-state index in [-0.39, 0.29) is 0 Å². The Kier molecular flexibility index (Phi) is 3.52. The van der Waals surface area contributed by atoms with Crippen molar-refractivity contribution >= 4 is 56.6 Å². The fourth-order valence-electron chi connectivity index (χ4n) is 0.870. The van der Waals surface area contributed by atoms with Gasteiger partial charge in [-0.2, -0.15) is 0 Å². The Labute approximate surface area is 102 Å². The number of halogens is 4. The number of hydrogen-bond acceptors (Lipinski definition) is 4. The monoisotopic (exact) mass is 298 g/mol. The molecule has 0 aromatic rings. The lowest BCUT2D eigenvalue weighted by Gasteiger charge is -2.39. The molecule has 1 rings (SSSR count). The van der Waals surface area contributed by atoms with E-state index in [1.807, 2.05) is 0 Å². The number of sulfone groups is 1. The average Bonchev–Trinajstić information content (AvgIpc) is 1.99. The van der Waals surface area contributed by atoms with Crippen LogP contribution in [-0.2, 0) is 9.84 Å². The third kappa shape index (κ3) is 2.23. The maximum absolute atomic E-state index is 11.2. The highest BCUT2D eigenvalue weighted by molar-refractivity contribution is 7.91. The molecule has 9 heteroatoms. The molecule has 0 bridgehead atoms. The van der Waals surface area contributed by atoms with Gasteiger partial charge in [-0.3, -0.25) is 0 Å². The molecule has 0 spiro atoms. The van der Waals surface area contributed by atoms with E-state index in [4.69, 9.17) is 46.8 Å². The van der Waals surface area contributed by atoms with E-state index in [1.165, 1.54) is 12.3 Å². The van der Waals surface area contributed by atoms with E-state index in [2.05, 4.69) is 0 Å². The second-order valence-corrected chi connectivity index (χ2v) is 6.81. The number of alkyl halides is 2. The highest BCUT2D eigenvalue weighted by Crippen LogP contribution is 2.40. The Morgan fingerprint density at radius 1 is 1.36 bits per heavy atom. The van der Waals surface area contributed by atoms with Gasteiger partial charge in [0.2, 0.25) is 0 Å². The summed E-state index contributed by atoms with van der Waals surface area (Å²) in [5, 5.41) is -1.10. The minimum absolute atomic E-state index is 0.721. The molecule has 82 valence electrons. The molecule has 0 amide bonds. The van der Waals surface area contributed by atoms with Gasteiger partial charge in [0.1, 0.15) is 0 Å². The first-order valence-electron chi connectivity index (χ1n) is 3.32. The molecular weight excluding hydrogens is 294 g/mol. The van der Waals surface area contributed by atoms with Crippen LogP contribution >= 0.6 is 46.8 Å². The summed E-state index contributed by atoms with van der Waals surface area (Å²) in [4.78, 5) is 0. The van der Waals surface area contributed by atoms with E-state index >= 15 is 0 Å². The molecule has 14 heavy (non-hydrogen) atoms. The quantitative estimate of drug-likeness (QED) is 0.421. The number of rotatable bonds is 1. The summed E-state index contributed by atoms with van der Waals surface area (Å²) in [5.74, 6) is 0. The molecule has 0 fully saturated rings. The topological polar surface area (TPSA) is 40.6 Å². The summed E-state index contributed by atoms with van der Waals surface area (Å²) in [6.07, 6.45) is 3.54. The second kappa shape index (κ2) is 3.88. The average molecular weight is 300 g/mol. The first kappa shape index (κ1) is 12.7. The van der Waals surface area contributed by atoms with Gasteiger partial charge in [0, 0.05) is 24.2 Å². The van der Waals surface area contributed by atoms with E-state index < -0.39 is 19.8 Å². The molecular formula is C5H6Cl4N2O2S. The van der Waals surface area contributed by atoms with Gasteiger partial charge in [-0.25, -0.2) is 12.8 Å². The van der Waals surface area contributed by atoms with Crippen LogP contribution < -0.4 is 0 Å². The van der Waals surface area contributed by atoms with E-state index in [0.717, 1.165) is 15.1 Å². The highest BCUT2D eigenvalue weighted by Gasteiger charge is 2.46. The van der Waals surface area contributed by atoms with E-state index in [1.54, 1.807) is 0 Å². The van der Waals surface area contributed by atoms with Crippen LogP contribution in [0.2, 0.25) is 0 Å². The van der Waals surface area contributed by atoms with Crippen molar-refractivity contribution < 1.29 is 8.42 Å². The van der Waals surface area contributed by atoms with Crippen LogP contribution in [-0.4, -0.2) is 33.5 Å². The first-order valence-corrected chi connectivity index (χ1v) is 6.71. The maximum Gasteiger partial charge on any atom is 0.277 e. The first-order chi connectivity index (χ1) is 6.17. The fraction of sp³-hybridized carbons (Fsp3) is 0.600. The Morgan fingerprint density at radius 2 is 1.86 bits per heavy atom. The molecule has 1 unspecified atom stereocenters. The largest absolute Gasteiger partial charge is 0.277 e. The predicted octanol–water partition coefficient (Wildman–Crippen LogP) is 1.88. The maximum atomic E-state index is 11.2. The molecule has 0 saturated heterocycles. The minimum atomic E-state index is -3.42. The Hall–Kier alpha value is 0.610. The van der Waals surface area contributed by atoms with Crippen molar-refractivity contribution in [3.8, 4) is 0 Å². The molecule has 1 aliphatic rings. The lowest BCUT2D eigenvalue weighted by Crippen LogP contribution is -2.51. The van der Waals surface area contributed by atoms with Crippen LogP contribution in [0.5, 0.6) is 0 Å². The van der Waals surface area contributed by atoms with Crippen LogP contribution in [0.1, 0.15) is 0 Å². The van der Waals surface area contributed by atoms with Gasteiger partial charge in [0.15, 0.2) is 15.2 Å². The second-order valence-electron chi connectivity index (χ2n) is 2.69. The van der Waals surface area contributed by atoms with Crippen LogP contribution in [0.15, 0.2) is 12.3 Å². The summed E-state index contributed by atoms with van der Waals surface area (Å²) < 4.78 is 22.3. The van der Waals surface area contributed by atoms with Crippen molar-refractivity contribution in [2.24, 2.45) is 0 Å². The van der Waals surface area contributed by atoms with Crippen molar-refractivity contribution in [3.05, 3.63) is 12.3 Å². The van der Waals surface area contributed by atoms with Crippen LogP contribution in [0.4, 0.5) is 0 Å². The summed E-state index contributed by atoms with van der Waals surface area (Å²) in [6.45, 7) is 0. The van der Waals surface area contributed by atoms with Gasteiger partial charge >= 0.3 is 0 Å². The van der Waals surface area contributed by atoms with E-state index in [0.29, 0.717) is 0 Å². The number of hydrogen-bond donors (Lipinski definition) is 0. The SMILES string of the molecule is CS(=O)(=O)C1C=CN(Cl)C(Cl)(Cl)N1Cl. The third-order valence-corrected chi connectivity index (χ3v) is 4.81. The van der Waals surface area contributed by atoms with Gasteiger partial charge in [-0.1, -0.05) is 23.2 Å². The van der Waals surface area contributed by atoms with Crippen molar-refractivity contribution in [3.63, 3.8) is 0 Å². The van der Waals surface area contributed by atoms with Gasteiger partial charge in [0.05, 0.1) is 0 Å². The summed E-state index contributed by atoms with van der Waals surface area (Å²) in [5.41, 5.74) is 0. The molecule has 0 aliphatic carbocycles. The normalized spacial score (nSPS) is 28.1. The van der Waals surface area contributed by atoms with Crippen molar-refractivity contribution in [1.82, 2.24) is 8.84 Å². The molecule has 1 atom stereocenters. The smallest absolute Gasteiger partial charge is 0.244 e. The summed E-state index contributed by atoms with van der Waals surface area (Å²) in [6, 6.07) is 0. The zero-order chi connectivity index (χ0) is 11.1. The van der Waals surface area contributed by atoms with Gasteiger partial charge < -0.3 is 0 Å². The van der Waals surface area contributed by atoms with E-state index in [9.17, 15) is 8.42 Å². The van der Waals surface area contributed by atoms with Gasteiger partial charge in [0.25, 0.3) is 4.58 Å². The Balaban J connectivity index is 3.12. The Morgan fingerprint density at radius 3 is 2.29 bits per heavy atom. The lowest BCUT2D eigenvalue weighted by atomic mass is 10.5. The molecule has 1 heterocycles. The van der Waals surface area contributed by atoms with Crippen LogP contribution in [0.3, 0.4) is 0 Å². The predicted molar refractivity (Wildman–Crippen MR) is 57.6 cm³/mol. The highest BCUT2D eigenvalue weighted by atomic mass is 35.5.